The average Bonchev–Trinajstić information content (AvgIpc) is 2.40. The van der Waals surface area contributed by atoms with Crippen molar-refractivity contribution in [1.29, 1.82) is 0 Å². The van der Waals surface area contributed by atoms with Gasteiger partial charge >= 0.3 is 5.90 Å². The molecule has 6 heteroatoms. The molecule has 1 atom stereocenters. The fraction of sp³-hybridized carbons (Fsp3) is 0.455. The van der Waals surface area contributed by atoms with Crippen LogP contribution in [0.3, 0.4) is 0 Å². The Morgan fingerprint density at radius 2 is 2.06 bits per heavy atom. The molecule has 1 saturated heterocycles. The Hall–Kier alpha value is -0.190. The van der Waals surface area contributed by atoms with E-state index in [-0.39, 0.29) is 0 Å². The number of benzene rings is 1. The van der Waals surface area contributed by atoms with Crippen molar-refractivity contribution in [3.8, 4) is 5.75 Å². The summed E-state index contributed by atoms with van der Waals surface area (Å²) in [7, 11) is 1.69. The summed E-state index contributed by atoms with van der Waals surface area (Å²) in [5.74, 6) is 0.218. The van der Waals surface area contributed by atoms with E-state index < -0.39 is 5.90 Å². The highest BCUT2D eigenvalue weighted by Gasteiger charge is 2.26. The minimum absolute atomic E-state index is 0.680. The number of morpholine rings is 1. The summed E-state index contributed by atoms with van der Waals surface area (Å²) in [5.41, 5.74) is 0. The molecule has 0 radical (unpaired) electrons. The second-order valence-corrected chi connectivity index (χ2v) is 8.60. The molecule has 1 heterocycles. The van der Waals surface area contributed by atoms with Crippen molar-refractivity contribution < 1.29 is 9.47 Å². The van der Waals surface area contributed by atoms with E-state index >= 15 is 0 Å². The second kappa shape index (κ2) is 6.66. The number of nitrogens with zero attached hydrogens (tertiary/aromatic N) is 1. The largest absolute Gasteiger partial charge is 0.492 e. The standard InChI is InChI=1S/C11H15NO2PS2/c1-13-10-4-2-3-5-11(10)15(16)17-12-6-8-14-9-7-12/h2-5H,6-9H2,1H3/q+1. The average molecular weight is 288 g/mol. The number of ether oxygens (including phenoxy) is 2. The van der Waals surface area contributed by atoms with Crippen LogP contribution in [0.15, 0.2) is 24.3 Å². The lowest BCUT2D eigenvalue weighted by molar-refractivity contribution is 0.0779. The van der Waals surface area contributed by atoms with E-state index in [0.29, 0.717) is 0 Å². The number of hydrogen-bond acceptors (Lipinski definition) is 5. The van der Waals surface area contributed by atoms with E-state index in [1.165, 1.54) is 0 Å². The van der Waals surface area contributed by atoms with Gasteiger partial charge in [0.15, 0.2) is 29.1 Å². The second-order valence-electron chi connectivity index (χ2n) is 3.55. The molecule has 0 saturated carbocycles. The first-order valence-corrected chi connectivity index (χ1v) is 9.15. The van der Waals surface area contributed by atoms with Crippen LogP contribution in [0.4, 0.5) is 0 Å². The van der Waals surface area contributed by atoms with Crippen LogP contribution in [0.1, 0.15) is 0 Å². The van der Waals surface area contributed by atoms with Gasteiger partial charge in [-0.15, -0.1) is 0 Å². The van der Waals surface area contributed by atoms with E-state index in [1.807, 2.05) is 18.2 Å². The van der Waals surface area contributed by atoms with Crippen molar-refractivity contribution in [2.45, 2.75) is 0 Å². The number of hydrogen-bond donors (Lipinski definition) is 0. The van der Waals surface area contributed by atoms with Crippen LogP contribution in [-0.4, -0.2) is 37.7 Å². The van der Waals surface area contributed by atoms with E-state index in [4.69, 9.17) is 21.3 Å². The normalized spacial score (nSPS) is 17.8. The van der Waals surface area contributed by atoms with Crippen LogP contribution in [0.25, 0.3) is 0 Å². The van der Waals surface area contributed by atoms with Gasteiger partial charge in [-0.1, -0.05) is 12.1 Å². The molecule has 3 nitrogen and oxygen atoms in total. The molecule has 0 bridgehead atoms. The van der Waals surface area contributed by atoms with Crippen molar-refractivity contribution in [3.05, 3.63) is 24.3 Å². The quantitative estimate of drug-likeness (QED) is 0.623. The van der Waals surface area contributed by atoms with Crippen LogP contribution in [0, 0.1) is 0 Å². The highest BCUT2D eigenvalue weighted by molar-refractivity contribution is 8.65. The molecule has 1 aliphatic rings. The van der Waals surface area contributed by atoms with E-state index in [0.717, 1.165) is 37.4 Å². The number of methoxy groups -OCH3 is 1. The van der Waals surface area contributed by atoms with Crippen LogP contribution < -0.4 is 10.0 Å². The third kappa shape index (κ3) is 3.63. The Balaban J connectivity index is 2.03. The van der Waals surface area contributed by atoms with Crippen LogP contribution >= 0.6 is 17.5 Å². The molecule has 2 rings (SSSR count). The molecule has 1 aromatic rings. The predicted molar refractivity (Wildman–Crippen MR) is 76.9 cm³/mol. The van der Waals surface area contributed by atoms with Crippen molar-refractivity contribution in [3.63, 3.8) is 0 Å². The number of para-hydroxylation sites is 1. The Bertz CT molecular complexity index is 397. The zero-order valence-electron chi connectivity index (χ0n) is 9.67. The van der Waals surface area contributed by atoms with Gasteiger partial charge in [0, 0.05) is 13.1 Å². The van der Waals surface area contributed by atoms with Crippen molar-refractivity contribution >= 4 is 34.6 Å². The van der Waals surface area contributed by atoms with Crippen LogP contribution in [-0.2, 0) is 16.5 Å². The summed E-state index contributed by atoms with van der Waals surface area (Å²) >= 11 is 7.36. The molecule has 0 amide bonds. The summed E-state index contributed by atoms with van der Waals surface area (Å²) in [6.45, 7) is 3.51. The molecule has 1 aliphatic heterocycles. The molecule has 92 valence electrons. The van der Waals surface area contributed by atoms with Crippen LogP contribution in [0.5, 0.6) is 5.75 Å². The zero-order valence-corrected chi connectivity index (χ0v) is 12.2. The van der Waals surface area contributed by atoms with Gasteiger partial charge in [-0.25, -0.2) is 4.31 Å². The molecule has 0 aliphatic carbocycles. The van der Waals surface area contributed by atoms with Gasteiger partial charge in [0.1, 0.15) is 0 Å². The molecule has 0 spiro atoms. The minimum atomic E-state index is -0.680. The summed E-state index contributed by atoms with van der Waals surface area (Å²) in [4.78, 5) is 0. The van der Waals surface area contributed by atoms with Gasteiger partial charge in [0.25, 0.3) is 0 Å². The lowest BCUT2D eigenvalue weighted by Crippen LogP contribution is -2.30. The molecule has 1 fully saturated rings. The summed E-state index contributed by atoms with van der Waals surface area (Å²) < 4.78 is 13.0. The first kappa shape index (κ1) is 13.2. The van der Waals surface area contributed by atoms with Crippen molar-refractivity contribution in [1.82, 2.24) is 4.31 Å². The fourth-order valence-electron chi connectivity index (χ4n) is 1.56. The predicted octanol–water partition coefficient (Wildman–Crippen LogP) is 2.16. The molecule has 1 aromatic carbocycles. The highest BCUT2D eigenvalue weighted by atomic mass is 32.9. The van der Waals surface area contributed by atoms with Gasteiger partial charge in [-0.3, -0.25) is 0 Å². The Kier molecular flexibility index (Phi) is 5.19. The maximum atomic E-state index is 5.60. The van der Waals surface area contributed by atoms with Crippen molar-refractivity contribution in [2.75, 3.05) is 33.4 Å². The van der Waals surface area contributed by atoms with E-state index in [2.05, 4.69) is 10.4 Å². The van der Waals surface area contributed by atoms with Crippen molar-refractivity contribution in [2.24, 2.45) is 0 Å². The third-order valence-electron chi connectivity index (χ3n) is 2.44. The van der Waals surface area contributed by atoms with Gasteiger partial charge in [-0.05, 0) is 12.1 Å². The van der Waals surface area contributed by atoms with E-state index in [9.17, 15) is 0 Å². The molecule has 17 heavy (non-hydrogen) atoms. The van der Waals surface area contributed by atoms with Crippen LogP contribution in [0.2, 0.25) is 0 Å². The minimum Gasteiger partial charge on any atom is -0.492 e. The Labute approximate surface area is 112 Å². The molecule has 0 N–H and O–H groups in total. The van der Waals surface area contributed by atoms with E-state index in [1.54, 1.807) is 18.7 Å². The first-order valence-electron chi connectivity index (χ1n) is 5.42. The zero-order chi connectivity index (χ0) is 12.1. The summed E-state index contributed by atoms with van der Waals surface area (Å²) in [6, 6.07) is 8.02. The topological polar surface area (TPSA) is 21.7 Å². The summed E-state index contributed by atoms with van der Waals surface area (Å²) in [5, 5.41) is 1.14. The van der Waals surface area contributed by atoms with Gasteiger partial charge < -0.3 is 9.47 Å². The first-order chi connectivity index (χ1) is 8.31. The molecular formula is C11H15NO2PS2+. The summed E-state index contributed by atoms with van der Waals surface area (Å²) in [6.07, 6.45) is 0. The lowest BCUT2D eigenvalue weighted by Gasteiger charge is -2.20. The Morgan fingerprint density at radius 3 is 2.76 bits per heavy atom. The maximum absolute atomic E-state index is 5.60. The van der Waals surface area contributed by atoms with Gasteiger partial charge in [0.2, 0.25) is 5.30 Å². The maximum Gasteiger partial charge on any atom is 0.304 e. The lowest BCUT2D eigenvalue weighted by atomic mass is 10.3. The van der Waals surface area contributed by atoms with Gasteiger partial charge in [-0.2, -0.15) is 0 Å². The molecule has 1 unspecified atom stereocenters. The fourth-order valence-corrected chi connectivity index (χ4v) is 5.86. The SMILES string of the molecule is COc1ccccc1[P+](=S)SN1CCOCC1. The smallest absolute Gasteiger partial charge is 0.304 e. The Morgan fingerprint density at radius 1 is 1.35 bits per heavy atom. The molecule has 0 aromatic heterocycles. The number of rotatable bonds is 4. The highest BCUT2D eigenvalue weighted by Crippen LogP contribution is 2.42. The van der Waals surface area contributed by atoms with Gasteiger partial charge in [0.05, 0.1) is 20.3 Å². The molecular weight excluding hydrogens is 273 g/mol. The third-order valence-corrected chi connectivity index (χ3v) is 6.87. The monoisotopic (exact) mass is 288 g/mol.